The smallest absolute Gasteiger partial charge is 0.261 e. The Morgan fingerprint density at radius 3 is 2.54 bits per heavy atom. The summed E-state index contributed by atoms with van der Waals surface area (Å²) in [7, 11) is 0. The van der Waals surface area contributed by atoms with Crippen molar-refractivity contribution in [1.29, 1.82) is 0 Å². The molecule has 0 bridgehead atoms. The molecule has 0 atom stereocenters. The molecule has 0 aliphatic rings. The Labute approximate surface area is 176 Å². The normalized spacial score (nSPS) is 10.3. The van der Waals surface area contributed by atoms with E-state index in [1.807, 2.05) is 6.07 Å². The summed E-state index contributed by atoms with van der Waals surface area (Å²) in [5.41, 5.74) is 0.977. The first-order valence-corrected chi connectivity index (χ1v) is 9.85. The van der Waals surface area contributed by atoms with Gasteiger partial charge in [-0.1, -0.05) is 52.5 Å². The molecule has 0 radical (unpaired) electrons. The molecule has 0 aliphatic carbocycles. The fraction of sp³-hybridized carbons (Fsp3) is 0.222. The van der Waals surface area contributed by atoms with Crippen LogP contribution in [0.4, 0.5) is 5.69 Å². The molecule has 0 fully saturated rings. The fourth-order valence-corrected chi connectivity index (χ4v) is 3.19. The van der Waals surface area contributed by atoms with Crippen LogP contribution in [0.3, 0.4) is 0 Å². The summed E-state index contributed by atoms with van der Waals surface area (Å²) in [6.07, 6.45) is 1.92. The number of benzene rings is 2. The molecule has 2 rings (SSSR count). The van der Waals surface area contributed by atoms with Crippen molar-refractivity contribution in [2.24, 2.45) is 0 Å². The quantitative estimate of drug-likeness (QED) is 0.393. The lowest BCUT2D eigenvalue weighted by Crippen LogP contribution is -2.34. The van der Waals surface area contributed by atoms with E-state index in [1.54, 1.807) is 30.3 Å². The number of carbonyl (C=O) groups is 1. The number of rotatable bonds is 6. The van der Waals surface area contributed by atoms with Crippen molar-refractivity contribution in [3.63, 3.8) is 0 Å². The average Bonchev–Trinajstić information content (AvgIpc) is 2.55. The van der Waals surface area contributed by atoms with E-state index in [1.165, 1.54) is 0 Å². The first-order valence-electron chi connectivity index (χ1n) is 7.90. The number of unbranched alkanes of at least 4 members (excludes halogenated alkanes) is 1. The third kappa shape index (κ3) is 6.43. The van der Waals surface area contributed by atoms with E-state index in [9.17, 15) is 4.79 Å². The van der Waals surface area contributed by atoms with E-state index in [4.69, 9.17) is 40.2 Å². The number of nitrogens with one attached hydrogen (secondary N) is 2. The zero-order chi connectivity index (χ0) is 19.1. The SMILES string of the molecule is CCCCOc1ccc(Br)cc1C(=O)NC(=S)Nc1cc(Cl)cc(Cl)c1. The van der Waals surface area contributed by atoms with Gasteiger partial charge in [0.2, 0.25) is 0 Å². The van der Waals surface area contributed by atoms with E-state index in [0.717, 1.165) is 17.3 Å². The number of anilines is 1. The van der Waals surface area contributed by atoms with Crippen LogP contribution in [0.2, 0.25) is 10.0 Å². The van der Waals surface area contributed by atoms with Gasteiger partial charge in [-0.3, -0.25) is 10.1 Å². The summed E-state index contributed by atoms with van der Waals surface area (Å²) in [5, 5.41) is 6.59. The standard InChI is InChI=1S/C18H17BrCl2N2O2S/c1-2-3-6-25-16-5-4-11(19)7-15(16)17(24)23-18(26)22-14-9-12(20)8-13(21)10-14/h4-5,7-10H,2-3,6H2,1H3,(H2,22,23,24,26). The molecule has 1 amide bonds. The number of hydrogen-bond donors (Lipinski definition) is 2. The van der Waals surface area contributed by atoms with Gasteiger partial charge in [0.15, 0.2) is 5.11 Å². The number of amides is 1. The van der Waals surface area contributed by atoms with Gasteiger partial charge in [-0.05, 0) is 55.0 Å². The summed E-state index contributed by atoms with van der Waals surface area (Å²) in [6, 6.07) is 10.2. The Bertz CT molecular complexity index is 798. The molecule has 0 aromatic heterocycles. The lowest BCUT2D eigenvalue weighted by Gasteiger charge is -2.13. The van der Waals surface area contributed by atoms with Crippen LogP contribution in [0.1, 0.15) is 30.1 Å². The molecule has 0 aliphatic heterocycles. The van der Waals surface area contributed by atoms with Crippen molar-refractivity contribution >= 4 is 68.1 Å². The highest BCUT2D eigenvalue weighted by atomic mass is 79.9. The second kappa shape index (κ2) is 10.1. The summed E-state index contributed by atoms with van der Waals surface area (Å²) >= 11 is 20.5. The van der Waals surface area contributed by atoms with Crippen LogP contribution in [0, 0.1) is 0 Å². The third-order valence-electron chi connectivity index (χ3n) is 3.29. The Balaban J connectivity index is 2.08. The molecule has 138 valence electrons. The molecule has 26 heavy (non-hydrogen) atoms. The lowest BCUT2D eigenvalue weighted by atomic mass is 10.2. The minimum Gasteiger partial charge on any atom is -0.493 e. The lowest BCUT2D eigenvalue weighted by molar-refractivity contribution is 0.0973. The van der Waals surface area contributed by atoms with E-state index in [0.29, 0.717) is 33.7 Å². The van der Waals surface area contributed by atoms with Crippen molar-refractivity contribution < 1.29 is 9.53 Å². The van der Waals surface area contributed by atoms with Gasteiger partial charge in [-0.15, -0.1) is 0 Å². The van der Waals surface area contributed by atoms with Crippen LogP contribution in [0.25, 0.3) is 0 Å². The first-order chi connectivity index (χ1) is 12.4. The van der Waals surface area contributed by atoms with E-state index < -0.39 is 0 Å². The maximum Gasteiger partial charge on any atom is 0.261 e. The molecule has 2 aromatic rings. The zero-order valence-corrected chi connectivity index (χ0v) is 17.9. The zero-order valence-electron chi connectivity index (χ0n) is 13.9. The largest absolute Gasteiger partial charge is 0.493 e. The number of ether oxygens (including phenoxy) is 1. The predicted octanol–water partition coefficient (Wildman–Crippen LogP) is 6.06. The van der Waals surface area contributed by atoms with Gasteiger partial charge >= 0.3 is 0 Å². The van der Waals surface area contributed by atoms with Gasteiger partial charge in [0, 0.05) is 20.2 Å². The van der Waals surface area contributed by atoms with Gasteiger partial charge in [0.25, 0.3) is 5.91 Å². The minimum absolute atomic E-state index is 0.132. The minimum atomic E-state index is -0.372. The van der Waals surface area contributed by atoms with Crippen LogP contribution in [-0.2, 0) is 0 Å². The van der Waals surface area contributed by atoms with E-state index >= 15 is 0 Å². The van der Waals surface area contributed by atoms with Gasteiger partial charge < -0.3 is 10.1 Å². The molecule has 0 heterocycles. The Morgan fingerprint density at radius 2 is 1.88 bits per heavy atom. The van der Waals surface area contributed by atoms with Crippen LogP contribution in [0.15, 0.2) is 40.9 Å². The molecule has 0 saturated heterocycles. The van der Waals surface area contributed by atoms with Crippen molar-refractivity contribution in [3.8, 4) is 5.75 Å². The van der Waals surface area contributed by atoms with Crippen molar-refractivity contribution in [2.75, 3.05) is 11.9 Å². The summed E-state index contributed by atoms with van der Waals surface area (Å²) < 4.78 is 6.47. The topological polar surface area (TPSA) is 50.4 Å². The molecule has 0 saturated carbocycles. The van der Waals surface area contributed by atoms with E-state index in [2.05, 4.69) is 33.5 Å². The Kier molecular flexibility index (Phi) is 8.15. The molecule has 4 nitrogen and oxygen atoms in total. The number of thiocarbonyl (C=S) groups is 1. The highest BCUT2D eigenvalue weighted by Gasteiger charge is 2.15. The predicted molar refractivity (Wildman–Crippen MR) is 115 cm³/mol. The first kappa shape index (κ1) is 21.0. The van der Waals surface area contributed by atoms with Gasteiger partial charge in [-0.2, -0.15) is 0 Å². The number of carbonyl (C=O) groups excluding carboxylic acids is 1. The monoisotopic (exact) mass is 474 g/mol. The number of hydrogen-bond acceptors (Lipinski definition) is 3. The summed E-state index contributed by atoms with van der Waals surface area (Å²) in [6.45, 7) is 2.62. The molecular weight excluding hydrogens is 459 g/mol. The second-order valence-electron chi connectivity index (χ2n) is 5.41. The molecule has 8 heteroatoms. The highest BCUT2D eigenvalue weighted by molar-refractivity contribution is 9.10. The van der Waals surface area contributed by atoms with Crippen molar-refractivity contribution in [1.82, 2.24) is 5.32 Å². The Morgan fingerprint density at radius 1 is 1.19 bits per heavy atom. The molecule has 2 N–H and O–H groups in total. The fourth-order valence-electron chi connectivity index (χ4n) is 2.09. The number of halogens is 3. The molecule has 0 spiro atoms. The van der Waals surface area contributed by atoms with Crippen LogP contribution in [-0.4, -0.2) is 17.6 Å². The maximum absolute atomic E-state index is 12.6. The molecule has 2 aromatic carbocycles. The van der Waals surface area contributed by atoms with Crippen LogP contribution in [0.5, 0.6) is 5.75 Å². The van der Waals surface area contributed by atoms with Crippen molar-refractivity contribution in [2.45, 2.75) is 19.8 Å². The van der Waals surface area contributed by atoms with Gasteiger partial charge in [-0.25, -0.2) is 0 Å². The average molecular weight is 476 g/mol. The van der Waals surface area contributed by atoms with Crippen molar-refractivity contribution in [3.05, 3.63) is 56.5 Å². The molecule has 0 unspecified atom stereocenters. The summed E-state index contributed by atoms with van der Waals surface area (Å²) in [4.78, 5) is 12.6. The van der Waals surface area contributed by atoms with Crippen LogP contribution >= 0.6 is 51.3 Å². The third-order valence-corrected chi connectivity index (χ3v) is 4.42. The van der Waals surface area contributed by atoms with E-state index in [-0.39, 0.29) is 11.0 Å². The van der Waals surface area contributed by atoms with Gasteiger partial charge in [0.1, 0.15) is 5.75 Å². The van der Waals surface area contributed by atoms with Gasteiger partial charge in [0.05, 0.1) is 12.2 Å². The second-order valence-corrected chi connectivity index (χ2v) is 7.61. The summed E-state index contributed by atoms with van der Waals surface area (Å²) in [5.74, 6) is 0.135. The maximum atomic E-state index is 12.6. The Hall–Kier alpha value is -1.34. The molecular formula is C18H17BrCl2N2O2S. The highest BCUT2D eigenvalue weighted by Crippen LogP contribution is 2.24. The van der Waals surface area contributed by atoms with Crippen LogP contribution < -0.4 is 15.4 Å².